The Balaban J connectivity index is 1.39. The van der Waals surface area contributed by atoms with E-state index >= 15 is 0 Å². The summed E-state index contributed by atoms with van der Waals surface area (Å²) in [6.07, 6.45) is 0.769. The summed E-state index contributed by atoms with van der Waals surface area (Å²) in [5.41, 5.74) is 2.19. The molecular formula is C26H31ClN4O5S2. The SMILES string of the molecule is Cc1cc(Cl)cc2sc(N(CCCN3CCOCC3)C(=O)c3ccc(S(=O)(=O)N4CCOCC4)cc3)nc12. The van der Waals surface area contributed by atoms with Crippen molar-refractivity contribution in [3.05, 3.63) is 52.5 Å². The van der Waals surface area contributed by atoms with Gasteiger partial charge < -0.3 is 9.47 Å². The van der Waals surface area contributed by atoms with Crippen LogP contribution in [0.5, 0.6) is 0 Å². The van der Waals surface area contributed by atoms with E-state index in [4.69, 9.17) is 26.1 Å². The second-order valence-corrected chi connectivity index (χ2v) is 12.8. The minimum Gasteiger partial charge on any atom is -0.379 e. The minimum atomic E-state index is -3.64. The number of ether oxygens (including phenoxy) is 2. The number of aryl methyl sites for hydroxylation is 1. The van der Waals surface area contributed by atoms with Crippen LogP contribution in [0.4, 0.5) is 5.13 Å². The van der Waals surface area contributed by atoms with Crippen LogP contribution in [0.25, 0.3) is 10.2 Å². The van der Waals surface area contributed by atoms with E-state index in [-0.39, 0.29) is 10.8 Å². The summed E-state index contributed by atoms with van der Waals surface area (Å²) in [5.74, 6) is -0.217. The summed E-state index contributed by atoms with van der Waals surface area (Å²) in [4.78, 5) is 22.8. The third-order valence-electron chi connectivity index (χ3n) is 6.78. The van der Waals surface area contributed by atoms with Gasteiger partial charge in [-0.25, -0.2) is 13.4 Å². The fourth-order valence-corrected chi connectivity index (χ4v) is 7.53. The van der Waals surface area contributed by atoms with Gasteiger partial charge in [-0.15, -0.1) is 0 Å². The molecule has 2 aromatic carbocycles. The van der Waals surface area contributed by atoms with Crippen molar-refractivity contribution in [2.45, 2.75) is 18.2 Å². The largest absolute Gasteiger partial charge is 0.379 e. The van der Waals surface area contributed by atoms with Crippen LogP contribution in [0.3, 0.4) is 0 Å². The minimum absolute atomic E-state index is 0.167. The average Bonchev–Trinajstić information content (AvgIpc) is 3.36. The summed E-state index contributed by atoms with van der Waals surface area (Å²) in [6, 6.07) is 9.91. The molecule has 5 rings (SSSR count). The number of carbonyl (C=O) groups excluding carboxylic acids is 1. The lowest BCUT2D eigenvalue weighted by molar-refractivity contribution is 0.0376. The van der Waals surface area contributed by atoms with Gasteiger partial charge >= 0.3 is 0 Å². The van der Waals surface area contributed by atoms with Crippen LogP contribution < -0.4 is 4.90 Å². The van der Waals surface area contributed by atoms with Gasteiger partial charge in [0, 0.05) is 49.9 Å². The molecule has 0 N–H and O–H groups in total. The van der Waals surface area contributed by atoms with E-state index in [1.54, 1.807) is 17.0 Å². The highest BCUT2D eigenvalue weighted by molar-refractivity contribution is 7.89. The molecule has 3 aromatic rings. The fraction of sp³-hybridized carbons (Fsp3) is 0.462. The molecule has 3 heterocycles. The molecule has 2 aliphatic heterocycles. The van der Waals surface area contributed by atoms with Crippen molar-refractivity contribution >= 4 is 54.2 Å². The molecule has 0 atom stereocenters. The van der Waals surface area contributed by atoms with Crippen LogP contribution in [0, 0.1) is 6.92 Å². The Hall–Kier alpha value is -2.12. The molecule has 2 aliphatic rings. The summed E-state index contributed by atoms with van der Waals surface area (Å²) in [6.45, 7) is 7.89. The molecule has 12 heteroatoms. The number of anilines is 1. The molecule has 0 spiro atoms. The maximum atomic E-state index is 13.8. The number of amides is 1. The van der Waals surface area contributed by atoms with Crippen LogP contribution in [-0.2, 0) is 19.5 Å². The van der Waals surface area contributed by atoms with Crippen molar-refractivity contribution in [1.82, 2.24) is 14.2 Å². The van der Waals surface area contributed by atoms with Crippen molar-refractivity contribution in [1.29, 1.82) is 0 Å². The lowest BCUT2D eigenvalue weighted by atomic mass is 10.2. The Kier molecular flexibility index (Phi) is 8.63. The molecule has 38 heavy (non-hydrogen) atoms. The Morgan fingerprint density at radius 2 is 1.71 bits per heavy atom. The number of carbonyl (C=O) groups is 1. The highest BCUT2D eigenvalue weighted by Gasteiger charge is 2.27. The molecule has 0 radical (unpaired) electrons. The van der Waals surface area contributed by atoms with Crippen molar-refractivity contribution in [3.8, 4) is 0 Å². The first-order valence-electron chi connectivity index (χ1n) is 12.7. The number of fused-ring (bicyclic) bond motifs is 1. The number of thiazole rings is 1. The van der Waals surface area contributed by atoms with Gasteiger partial charge in [0.15, 0.2) is 5.13 Å². The number of aromatic nitrogens is 1. The normalized spacial score (nSPS) is 17.6. The Bertz CT molecular complexity index is 1380. The zero-order chi connectivity index (χ0) is 26.7. The van der Waals surface area contributed by atoms with E-state index in [2.05, 4.69) is 4.90 Å². The zero-order valence-electron chi connectivity index (χ0n) is 21.3. The maximum absolute atomic E-state index is 13.8. The number of morpholine rings is 2. The number of halogens is 1. The first-order valence-corrected chi connectivity index (χ1v) is 15.3. The highest BCUT2D eigenvalue weighted by Crippen LogP contribution is 2.34. The molecule has 1 aromatic heterocycles. The Morgan fingerprint density at radius 3 is 2.39 bits per heavy atom. The molecule has 0 bridgehead atoms. The third-order valence-corrected chi connectivity index (χ3v) is 9.94. The lowest BCUT2D eigenvalue weighted by Gasteiger charge is -2.28. The van der Waals surface area contributed by atoms with Gasteiger partial charge in [-0.3, -0.25) is 14.6 Å². The number of nitrogens with zero attached hydrogens (tertiary/aromatic N) is 4. The summed E-state index contributed by atoms with van der Waals surface area (Å²) in [7, 11) is -3.64. The first-order chi connectivity index (χ1) is 18.3. The highest BCUT2D eigenvalue weighted by atomic mass is 35.5. The molecule has 0 aliphatic carbocycles. The topological polar surface area (TPSA) is 92.3 Å². The van der Waals surface area contributed by atoms with E-state index in [1.165, 1.54) is 27.8 Å². The lowest BCUT2D eigenvalue weighted by Crippen LogP contribution is -2.40. The van der Waals surface area contributed by atoms with Gasteiger partial charge in [0.25, 0.3) is 5.91 Å². The van der Waals surface area contributed by atoms with E-state index in [0.29, 0.717) is 48.6 Å². The molecule has 9 nitrogen and oxygen atoms in total. The molecule has 2 saturated heterocycles. The summed E-state index contributed by atoms with van der Waals surface area (Å²) < 4.78 is 39.1. The smallest absolute Gasteiger partial charge is 0.260 e. The number of sulfonamides is 1. The molecule has 204 valence electrons. The van der Waals surface area contributed by atoms with Gasteiger partial charge in [-0.05, 0) is 55.3 Å². The van der Waals surface area contributed by atoms with E-state index in [9.17, 15) is 13.2 Å². The first kappa shape index (κ1) is 27.4. The van der Waals surface area contributed by atoms with Gasteiger partial charge in [0.1, 0.15) is 0 Å². The van der Waals surface area contributed by atoms with Crippen LogP contribution in [0.2, 0.25) is 5.02 Å². The predicted molar refractivity (Wildman–Crippen MR) is 149 cm³/mol. The molecule has 0 saturated carbocycles. The third kappa shape index (κ3) is 6.04. The van der Waals surface area contributed by atoms with Crippen molar-refractivity contribution in [2.24, 2.45) is 0 Å². The van der Waals surface area contributed by atoms with Crippen LogP contribution in [-0.4, -0.2) is 94.2 Å². The van der Waals surface area contributed by atoms with Crippen LogP contribution in [0.15, 0.2) is 41.3 Å². The van der Waals surface area contributed by atoms with Gasteiger partial charge in [-0.2, -0.15) is 4.31 Å². The molecule has 2 fully saturated rings. The van der Waals surface area contributed by atoms with E-state index < -0.39 is 10.0 Å². The quantitative estimate of drug-likeness (QED) is 0.403. The predicted octanol–water partition coefficient (Wildman–Crippen LogP) is 3.65. The fourth-order valence-electron chi connectivity index (χ4n) is 4.68. The molecule has 0 unspecified atom stereocenters. The second kappa shape index (κ2) is 12.0. The van der Waals surface area contributed by atoms with Gasteiger partial charge in [0.2, 0.25) is 10.0 Å². The number of hydrogen-bond donors (Lipinski definition) is 0. The standard InChI is InChI=1S/C26H31ClN4O5S2/c1-19-17-21(27)18-23-24(19)28-26(37-23)31(8-2-7-29-9-13-35-14-10-29)25(32)20-3-5-22(6-4-20)38(33,34)30-11-15-36-16-12-30/h3-6,17-18H,2,7-16H2,1H3. The second-order valence-electron chi connectivity index (χ2n) is 9.37. The van der Waals surface area contributed by atoms with Crippen LogP contribution in [0.1, 0.15) is 22.3 Å². The Labute approximate surface area is 231 Å². The van der Waals surface area contributed by atoms with E-state index in [0.717, 1.165) is 55.0 Å². The average molecular weight is 579 g/mol. The monoisotopic (exact) mass is 578 g/mol. The number of benzene rings is 2. The summed E-state index contributed by atoms with van der Waals surface area (Å²) >= 11 is 7.70. The van der Waals surface area contributed by atoms with Gasteiger partial charge in [0.05, 0.1) is 41.5 Å². The Morgan fingerprint density at radius 1 is 1.05 bits per heavy atom. The van der Waals surface area contributed by atoms with Crippen molar-refractivity contribution in [3.63, 3.8) is 0 Å². The zero-order valence-corrected chi connectivity index (χ0v) is 23.7. The van der Waals surface area contributed by atoms with Crippen molar-refractivity contribution in [2.75, 3.05) is 70.6 Å². The van der Waals surface area contributed by atoms with E-state index in [1.807, 2.05) is 19.1 Å². The summed E-state index contributed by atoms with van der Waals surface area (Å²) in [5, 5.41) is 1.23. The maximum Gasteiger partial charge on any atom is 0.260 e. The number of rotatable bonds is 8. The molecule has 1 amide bonds. The van der Waals surface area contributed by atoms with Crippen LogP contribution >= 0.6 is 22.9 Å². The van der Waals surface area contributed by atoms with Crippen molar-refractivity contribution < 1.29 is 22.7 Å². The van der Waals surface area contributed by atoms with Gasteiger partial charge in [-0.1, -0.05) is 22.9 Å². The number of hydrogen-bond acceptors (Lipinski definition) is 8. The molecular weight excluding hydrogens is 548 g/mol.